The largest absolute Gasteiger partial charge is 0.477 e. The van der Waals surface area contributed by atoms with Gasteiger partial charge in [-0.3, -0.25) is 4.79 Å². The fourth-order valence-electron chi connectivity index (χ4n) is 3.03. The first-order valence-corrected chi connectivity index (χ1v) is 7.85. The van der Waals surface area contributed by atoms with E-state index >= 15 is 0 Å². The Bertz CT molecular complexity index is 791. The molecule has 124 valence electrons. The van der Waals surface area contributed by atoms with Crippen molar-refractivity contribution in [3.05, 3.63) is 53.7 Å². The summed E-state index contributed by atoms with van der Waals surface area (Å²) in [4.78, 5) is 29.7. The summed E-state index contributed by atoms with van der Waals surface area (Å²) in [6.45, 7) is 3.78. The third-order valence-electron chi connectivity index (χ3n) is 4.15. The van der Waals surface area contributed by atoms with Gasteiger partial charge in [-0.25, -0.2) is 9.78 Å². The number of carboxylic acid groups (broad SMARTS) is 1. The molecule has 3 rings (SSSR count). The highest BCUT2D eigenvalue weighted by Gasteiger charge is 2.33. The van der Waals surface area contributed by atoms with Crippen LogP contribution < -0.4 is 10.2 Å². The summed E-state index contributed by atoms with van der Waals surface area (Å²) in [7, 11) is 0. The summed E-state index contributed by atoms with van der Waals surface area (Å²) < 4.78 is 0. The molecule has 0 saturated heterocycles. The second kappa shape index (κ2) is 6.31. The van der Waals surface area contributed by atoms with Gasteiger partial charge in [-0.2, -0.15) is 0 Å². The number of para-hydroxylation sites is 1. The van der Waals surface area contributed by atoms with Crippen molar-refractivity contribution >= 4 is 23.4 Å². The van der Waals surface area contributed by atoms with Gasteiger partial charge in [0.05, 0.1) is 0 Å². The average Bonchev–Trinajstić information content (AvgIpc) is 2.90. The second-order valence-corrected chi connectivity index (χ2v) is 5.97. The van der Waals surface area contributed by atoms with Crippen molar-refractivity contribution < 1.29 is 14.7 Å². The van der Waals surface area contributed by atoms with E-state index in [4.69, 9.17) is 5.11 Å². The van der Waals surface area contributed by atoms with E-state index in [0.29, 0.717) is 5.82 Å². The van der Waals surface area contributed by atoms with Crippen molar-refractivity contribution in [1.82, 2.24) is 4.98 Å². The van der Waals surface area contributed by atoms with Crippen LogP contribution in [0.1, 0.15) is 29.9 Å². The Kier molecular flexibility index (Phi) is 4.20. The highest BCUT2D eigenvalue weighted by Crippen LogP contribution is 2.32. The average molecular weight is 325 g/mol. The van der Waals surface area contributed by atoms with Gasteiger partial charge in [0.15, 0.2) is 5.69 Å². The van der Waals surface area contributed by atoms with Crippen LogP contribution in [0.2, 0.25) is 0 Å². The lowest BCUT2D eigenvalue weighted by Gasteiger charge is -2.26. The van der Waals surface area contributed by atoms with E-state index < -0.39 is 12.0 Å². The van der Waals surface area contributed by atoms with Crippen molar-refractivity contribution in [2.24, 2.45) is 0 Å². The Balaban J connectivity index is 1.78. The number of benzene rings is 1. The molecular formula is C18H19N3O3. The molecule has 1 aliphatic heterocycles. The number of carbonyl (C=O) groups is 2. The van der Waals surface area contributed by atoms with E-state index in [-0.39, 0.29) is 17.6 Å². The number of anilines is 2. The van der Waals surface area contributed by atoms with Gasteiger partial charge < -0.3 is 15.3 Å². The lowest BCUT2D eigenvalue weighted by molar-refractivity contribution is -0.119. The summed E-state index contributed by atoms with van der Waals surface area (Å²) in [5.74, 6) is -0.786. The van der Waals surface area contributed by atoms with Crippen LogP contribution in [0.4, 0.5) is 11.5 Å². The number of nitrogens with zero attached hydrogens (tertiary/aromatic N) is 2. The molecule has 1 aromatic carbocycles. The van der Waals surface area contributed by atoms with Crippen LogP contribution in [-0.2, 0) is 11.2 Å². The zero-order chi connectivity index (χ0) is 17.3. The van der Waals surface area contributed by atoms with Crippen molar-refractivity contribution in [2.75, 3.05) is 10.2 Å². The van der Waals surface area contributed by atoms with Gasteiger partial charge >= 0.3 is 5.97 Å². The Morgan fingerprint density at radius 3 is 2.75 bits per heavy atom. The number of hydrogen-bond acceptors (Lipinski definition) is 4. The Labute approximate surface area is 140 Å². The molecule has 6 nitrogen and oxygen atoms in total. The summed E-state index contributed by atoms with van der Waals surface area (Å²) in [5, 5.41) is 12.0. The molecule has 0 aliphatic carbocycles. The second-order valence-electron chi connectivity index (χ2n) is 5.97. The molecule has 2 aromatic rings. The summed E-state index contributed by atoms with van der Waals surface area (Å²) in [6.07, 6.45) is 0.835. The molecule has 0 fully saturated rings. The first-order valence-electron chi connectivity index (χ1n) is 7.85. The number of hydrogen-bond donors (Lipinski definition) is 2. The van der Waals surface area contributed by atoms with Crippen LogP contribution in [0.5, 0.6) is 0 Å². The monoisotopic (exact) mass is 325 g/mol. The smallest absolute Gasteiger partial charge is 0.354 e. The predicted molar refractivity (Wildman–Crippen MR) is 91.4 cm³/mol. The van der Waals surface area contributed by atoms with E-state index in [1.54, 1.807) is 24.0 Å². The molecule has 2 N–H and O–H groups in total. The maximum absolute atomic E-state index is 12.9. The predicted octanol–water partition coefficient (Wildman–Crippen LogP) is 2.56. The van der Waals surface area contributed by atoms with Crippen LogP contribution in [0.25, 0.3) is 0 Å². The van der Waals surface area contributed by atoms with Crippen LogP contribution >= 0.6 is 0 Å². The Morgan fingerprint density at radius 2 is 2.00 bits per heavy atom. The van der Waals surface area contributed by atoms with Gasteiger partial charge in [-0.1, -0.05) is 24.3 Å². The number of fused-ring (bicyclic) bond motifs is 1. The van der Waals surface area contributed by atoms with Crippen molar-refractivity contribution in [3.63, 3.8) is 0 Å². The minimum Gasteiger partial charge on any atom is -0.477 e. The number of amides is 1. The number of rotatable bonds is 4. The van der Waals surface area contributed by atoms with E-state index in [9.17, 15) is 9.59 Å². The third kappa shape index (κ3) is 2.95. The number of carbonyl (C=O) groups excluding carboxylic acids is 1. The molecule has 24 heavy (non-hydrogen) atoms. The van der Waals surface area contributed by atoms with E-state index in [1.807, 2.05) is 31.2 Å². The maximum atomic E-state index is 12.9. The number of nitrogens with one attached hydrogen (secondary N) is 1. The SMILES string of the molecule is CC(Nc1cccc(C(=O)O)n1)C(=O)N1c2ccccc2CC1C. The summed E-state index contributed by atoms with van der Waals surface area (Å²) in [5.41, 5.74) is 2.05. The highest BCUT2D eigenvalue weighted by atomic mass is 16.4. The third-order valence-corrected chi connectivity index (χ3v) is 4.15. The first-order chi connectivity index (χ1) is 11.5. The van der Waals surface area contributed by atoms with Gasteiger partial charge in [0.25, 0.3) is 0 Å². The molecule has 0 saturated carbocycles. The van der Waals surface area contributed by atoms with Crippen LogP contribution in [0, 0.1) is 0 Å². The molecule has 1 aliphatic rings. The van der Waals surface area contributed by atoms with Crippen molar-refractivity contribution in [3.8, 4) is 0 Å². The molecule has 0 radical (unpaired) electrons. The number of aromatic carboxylic acids is 1. The minimum absolute atomic E-state index is 0.0560. The summed E-state index contributed by atoms with van der Waals surface area (Å²) in [6, 6.07) is 12.1. The molecular weight excluding hydrogens is 306 g/mol. The molecule has 2 atom stereocenters. The van der Waals surface area contributed by atoms with E-state index in [0.717, 1.165) is 17.7 Å². The fourth-order valence-corrected chi connectivity index (χ4v) is 3.03. The molecule has 2 heterocycles. The van der Waals surface area contributed by atoms with Crippen LogP contribution in [0.3, 0.4) is 0 Å². The zero-order valence-electron chi connectivity index (χ0n) is 13.6. The van der Waals surface area contributed by atoms with Gasteiger partial charge in [0, 0.05) is 11.7 Å². The van der Waals surface area contributed by atoms with Gasteiger partial charge in [0.2, 0.25) is 5.91 Å². The van der Waals surface area contributed by atoms with Crippen LogP contribution in [-0.4, -0.2) is 34.1 Å². The van der Waals surface area contributed by atoms with Gasteiger partial charge in [-0.15, -0.1) is 0 Å². The highest BCUT2D eigenvalue weighted by molar-refractivity contribution is 6.00. The van der Waals surface area contributed by atoms with E-state index in [2.05, 4.69) is 10.3 Å². The number of aromatic nitrogens is 1. The molecule has 1 aromatic heterocycles. The topological polar surface area (TPSA) is 82.5 Å². The standard InChI is InChI=1S/C18H19N3O3/c1-11-10-13-6-3-4-8-15(13)21(11)17(22)12(2)19-16-9-5-7-14(20-16)18(23)24/h3-9,11-12H,10H2,1-2H3,(H,19,20)(H,23,24). The van der Waals surface area contributed by atoms with Crippen molar-refractivity contribution in [1.29, 1.82) is 0 Å². The van der Waals surface area contributed by atoms with Crippen LogP contribution in [0.15, 0.2) is 42.5 Å². The number of pyridine rings is 1. The molecule has 1 amide bonds. The normalized spacial score (nSPS) is 17.2. The minimum atomic E-state index is -1.10. The molecule has 2 unspecified atom stereocenters. The Hall–Kier alpha value is -2.89. The lowest BCUT2D eigenvalue weighted by Crippen LogP contribution is -2.44. The summed E-state index contributed by atoms with van der Waals surface area (Å²) >= 11 is 0. The van der Waals surface area contributed by atoms with Crippen molar-refractivity contribution in [2.45, 2.75) is 32.4 Å². The van der Waals surface area contributed by atoms with Gasteiger partial charge in [-0.05, 0) is 44.0 Å². The first kappa shape index (κ1) is 16.0. The molecule has 0 spiro atoms. The maximum Gasteiger partial charge on any atom is 0.354 e. The molecule has 0 bridgehead atoms. The zero-order valence-corrected chi connectivity index (χ0v) is 13.6. The lowest BCUT2D eigenvalue weighted by atomic mass is 10.1. The van der Waals surface area contributed by atoms with Gasteiger partial charge in [0.1, 0.15) is 11.9 Å². The quantitative estimate of drug-likeness (QED) is 0.903. The Morgan fingerprint density at radius 1 is 1.25 bits per heavy atom. The molecule has 6 heteroatoms. The fraction of sp³-hybridized carbons (Fsp3) is 0.278. The number of carboxylic acids is 1. The van der Waals surface area contributed by atoms with E-state index in [1.165, 1.54) is 6.07 Å².